The van der Waals surface area contributed by atoms with E-state index in [0.717, 1.165) is 91.8 Å². The smallest absolute Gasteiger partial charge is 0.410 e. The molecule has 1 unspecified atom stereocenters. The highest BCUT2D eigenvalue weighted by Gasteiger charge is 2.42. The molecule has 61 heavy (non-hydrogen) atoms. The van der Waals surface area contributed by atoms with Crippen LogP contribution in [0.25, 0.3) is 44.1 Å². The molecule has 4 aromatic carbocycles. The lowest BCUT2D eigenvalue weighted by molar-refractivity contribution is -0.135. The first kappa shape index (κ1) is 40.4. The van der Waals surface area contributed by atoms with Gasteiger partial charge < -0.3 is 44.8 Å². The molecule has 4 N–H and O–H groups in total. The van der Waals surface area contributed by atoms with Crippen molar-refractivity contribution in [2.75, 3.05) is 44.5 Å². The lowest BCUT2D eigenvalue weighted by Crippen LogP contribution is -2.56. The van der Waals surface area contributed by atoms with Crippen LogP contribution in [0, 0.1) is 11.8 Å². The maximum Gasteiger partial charge on any atom is 0.410 e. The van der Waals surface area contributed by atoms with E-state index in [2.05, 4.69) is 81.6 Å². The zero-order chi connectivity index (χ0) is 42.7. The highest BCUT2D eigenvalue weighted by Crippen LogP contribution is 2.44. The van der Waals surface area contributed by atoms with Gasteiger partial charge in [-0.25, -0.2) is 14.6 Å². The van der Waals surface area contributed by atoms with Gasteiger partial charge in [0.2, 0.25) is 5.91 Å². The molecule has 9 rings (SSSR count). The number of fused-ring (bicyclic) bond motifs is 7. The van der Waals surface area contributed by atoms with Crippen LogP contribution in [-0.2, 0) is 25.6 Å². The van der Waals surface area contributed by atoms with Crippen LogP contribution in [0.5, 0.6) is 5.75 Å². The molecule has 4 aliphatic rings. The predicted octanol–water partition coefficient (Wildman–Crippen LogP) is 8.42. The second kappa shape index (κ2) is 15.8. The zero-order valence-electron chi connectivity index (χ0n) is 35.9. The maximum absolute atomic E-state index is 13.7. The first-order chi connectivity index (χ1) is 29.3. The number of alkyl carbamates (subject to hydrolysis) is 1. The molecule has 14 nitrogen and oxygen atoms in total. The quantitative estimate of drug-likeness (QED) is 0.120. The number of hydrogen-bond donors (Lipinski definition) is 4. The van der Waals surface area contributed by atoms with E-state index in [-0.39, 0.29) is 42.1 Å². The minimum Gasteiger partial charge on any atom is -0.488 e. The van der Waals surface area contributed by atoms with Gasteiger partial charge in [-0.05, 0) is 110 Å². The fourth-order valence-corrected chi connectivity index (χ4v) is 9.53. The molecule has 0 saturated carbocycles. The summed E-state index contributed by atoms with van der Waals surface area (Å²) in [5, 5.41) is 12.0. The Morgan fingerprint density at radius 1 is 0.951 bits per heavy atom. The standard InChI is InChI=1S/C47H55N7O7/c1-25(2)40(52-45(56)59-7)44(55)53-16-8-9-37(53)42-48-34-14-11-28(20-36(34)50-42)27-10-13-31-30(18-27)24-60-39-21-32-29(19-33(31)39)12-15-35-41(32)51-43(49-35)38-17-26(23-58-6)22-54(38)46(57)61-47(3,4)5/h10-15,18-21,25-26,37-38,40,42,48,50H,8-9,16-17,22-24H2,1-7H3,(H,49,51)(H,52,56)/t26-,37-,38-,40-,42?/m0/s1. The number of imidazole rings is 1. The number of nitrogens with zero attached hydrogens (tertiary/aromatic N) is 3. The Kier molecular flexibility index (Phi) is 10.5. The first-order valence-corrected chi connectivity index (χ1v) is 21.3. The average molecular weight is 830 g/mol. The molecule has 0 spiro atoms. The Morgan fingerprint density at radius 3 is 2.51 bits per heavy atom. The van der Waals surface area contributed by atoms with Crippen LogP contribution in [0.4, 0.5) is 21.0 Å². The summed E-state index contributed by atoms with van der Waals surface area (Å²) in [7, 11) is 2.99. The zero-order valence-corrected chi connectivity index (χ0v) is 35.9. The van der Waals surface area contributed by atoms with Gasteiger partial charge in [-0.1, -0.05) is 38.1 Å². The highest BCUT2D eigenvalue weighted by atomic mass is 16.6. The SMILES string of the molecule is COC[C@H]1C[C@@H](c2nc3c(ccc4cc5c(cc43)OCc3cc(-c4ccc6c(c4)NC([C@@H]4CCCN4C(=O)[C@@H](NC(=O)OC)C(C)C)N6)ccc3-5)[nH]2)N(C(=O)OC(C)(C)C)C1. The number of amides is 3. The van der Waals surface area contributed by atoms with Gasteiger partial charge in [0.25, 0.3) is 0 Å². The summed E-state index contributed by atoms with van der Waals surface area (Å²) in [6.07, 6.45) is 1.34. The second-order valence-electron chi connectivity index (χ2n) is 18.1. The van der Waals surface area contributed by atoms with Gasteiger partial charge in [-0.3, -0.25) is 9.69 Å². The Balaban J connectivity index is 0.942. The van der Waals surface area contributed by atoms with E-state index in [1.54, 1.807) is 12.0 Å². The van der Waals surface area contributed by atoms with E-state index < -0.39 is 17.7 Å². The Labute approximate surface area is 355 Å². The highest BCUT2D eigenvalue weighted by molar-refractivity contribution is 6.07. The third-order valence-corrected chi connectivity index (χ3v) is 12.4. The van der Waals surface area contributed by atoms with Crippen LogP contribution in [-0.4, -0.2) is 95.6 Å². The Hall–Kier alpha value is -6.02. The molecule has 0 radical (unpaired) electrons. The van der Waals surface area contributed by atoms with E-state index in [0.29, 0.717) is 26.3 Å². The van der Waals surface area contributed by atoms with Gasteiger partial charge in [0, 0.05) is 37.1 Å². The number of anilines is 2. The molecule has 2 saturated heterocycles. The summed E-state index contributed by atoms with van der Waals surface area (Å²) >= 11 is 0. The molecule has 3 amide bonds. The van der Waals surface area contributed by atoms with Crippen LogP contribution < -0.4 is 20.7 Å². The summed E-state index contributed by atoms with van der Waals surface area (Å²) in [5.74, 6) is 1.53. The number of carbonyl (C=O) groups is 3. The van der Waals surface area contributed by atoms with Crippen LogP contribution in [0.2, 0.25) is 0 Å². The van der Waals surface area contributed by atoms with Gasteiger partial charge in [-0.2, -0.15) is 0 Å². The molecular weight excluding hydrogens is 775 g/mol. The lowest BCUT2D eigenvalue weighted by atomic mass is 9.91. The fourth-order valence-electron chi connectivity index (χ4n) is 9.53. The number of aromatic nitrogens is 2. The molecular formula is C47H55N7O7. The third-order valence-electron chi connectivity index (χ3n) is 12.4. The van der Waals surface area contributed by atoms with Crippen molar-refractivity contribution in [2.45, 2.75) is 90.4 Å². The number of likely N-dealkylation sites (tertiary alicyclic amines) is 2. The number of hydrogen-bond acceptors (Lipinski definition) is 10. The van der Waals surface area contributed by atoms with Crippen molar-refractivity contribution in [3.05, 3.63) is 72.1 Å². The Morgan fingerprint density at radius 2 is 1.74 bits per heavy atom. The van der Waals surface area contributed by atoms with Gasteiger partial charge >= 0.3 is 12.2 Å². The van der Waals surface area contributed by atoms with Crippen molar-refractivity contribution in [2.24, 2.45) is 11.8 Å². The number of benzene rings is 4. The molecule has 5 atom stereocenters. The molecule has 320 valence electrons. The van der Waals surface area contributed by atoms with Crippen LogP contribution in [0.3, 0.4) is 0 Å². The van der Waals surface area contributed by atoms with Gasteiger partial charge in [0.05, 0.1) is 48.2 Å². The summed E-state index contributed by atoms with van der Waals surface area (Å²) < 4.78 is 22.5. The number of rotatable bonds is 8. The third kappa shape index (κ3) is 7.66. The largest absolute Gasteiger partial charge is 0.488 e. The summed E-state index contributed by atoms with van der Waals surface area (Å²) in [6, 6.07) is 20.4. The van der Waals surface area contributed by atoms with E-state index in [9.17, 15) is 14.4 Å². The lowest BCUT2D eigenvalue weighted by Gasteiger charge is -2.33. The summed E-state index contributed by atoms with van der Waals surface area (Å²) in [4.78, 5) is 51.5. The molecule has 4 aliphatic heterocycles. The summed E-state index contributed by atoms with van der Waals surface area (Å²) in [5.41, 5.74) is 8.51. The Bertz CT molecular complexity index is 2530. The van der Waals surface area contributed by atoms with Gasteiger partial charge in [-0.15, -0.1) is 0 Å². The minimum atomic E-state index is -0.667. The van der Waals surface area contributed by atoms with Crippen molar-refractivity contribution in [1.29, 1.82) is 0 Å². The second-order valence-corrected chi connectivity index (χ2v) is 18.1. The molecule has 14 heteroatoms. The molecule has 5 heterocycles. The van der Waals surface area contributed by atoms with Crippen LogP contribution >= 0.6 is 0 Å². The van der Waals surface area contributed by atoms with Crippen molar-refractivity contribution >= 4 is 51.3 Å². The molecule has 2 fully saturated rings. The number of methoxy groups -OCH3 is 2. The van der Waals surface area contributed by atoms with Gasteiger partial charge in [0.1, 0.15) is 36.0 Å². The molecule has 5 aromatic rings. The van der Waals surface area contributed by atoms with E-state index in [1.807, 2.05) is 39.5 Å². The van der Waals surface area contributed by atoms with Crippen LogP contribution in [0.15, 0.2) is 60.7 Å². The summed E-state index contributed by atoms with van der Waals surface area (Å²) in [6.45, 7) is 11.6. The maximum atomic E-state index is 13.7. The molecule has 0 bridgehead atoms. The number of H-pyrrole nitrogens is 1. The molecule has 0 aliphatic carbocycles. The predicted molar refractivity (Wildman–Crippen MR) is 234 cm³/mol. The monoisotopic (exact) mass is 829 g/mol. The molecule has 1 aromatic heterocycles. The van der Waals surface area contributed by atoms with Crippen molar-refractivity contribution in [1.82, 2.24) is 25.1 Å². The van der Waals surface area contributed by atoms with E-state index in [1.165, 1.54) is 7.11 Å². The number of ether oxygens (including phenoxy) is 4. The fraction of sp³-hybridized carbons (Fsp3) is 0.447. The van der Waals surface area contributed by atoms with Crippen LogP contribution in [0.1, 0.15) is 71.3 Å². The number of aromatic amines is 1. The topological polar surface area (TPSA) is 159 Å². The van der Waals surface area contributed by atoms with Gasteiger partial charge in [0.15, 0.2) is 0 Å². The number of carbonyl (C=O) groups excluding carboxylic acids is 3. The van der Waals surface area contributed by atoms with E-state index in [4.69, 9.17) is 23.9 Å². The average Bonchev–Trinajstić information content (AvgIpc) is 4.06. The minimum absolute atomic E-state index is 0.0806. The first-order valence-electron chi connectivity index (χ1n) is 21.3. The normalized spacial score (nSPS) is 21.0. The number of nitrogens with one attached hydrogen (secondary N) is 4. The van der Waals surface area contributed by atoms with Crippen molar-refractivity contribution in [3.63, 3.8) is 0 Å². The van der Waals surface area contributed by atoms with Crippen molar-refractivity contribution < 1.29 is 33.3 Å². The van der Waals surface area contributed by atoms with E-state index >= 15 is 0 Å². The van der Waals surface area contributed by atoms with Crippen molar-refractivity contribution in [3.8, 4) is 28.0 Å².